The van der Waals surface area contributed by atoms with E-state index in [0.717, 1.165) is 35.6 Å². The third-order valence-corrected chi connectivity index (χ3v) is 5.66. The van der Waals surface area contributed by atoms with Crippen molar-refractivity contribution in [3.63, 3.8) is 0 Å². The van der Waals surface area contributed by atoms with Crippen LogP contribution in [0.2, 0.25) is 0 Å². The predicted octanol–water partition coefficient (Wildman–Crippen LogP) is 3.94. The number of methoxy groups -OCH3 is 1. The van der Waals surface area contributed by atoms with E-state index >= 15 is 0 Å². The Hall–Kier alpha value is -2.73. The average molecular weight is 411 g/mol. The zero-order valence-electron chi connectivity index (χ0n) is 18.1. The number of hydrogen-bond acceptors (Lipinski definition) is 6. The summed E-state index contributed by atoms with van der Waals surface area (Å²) in [6.07, 6.45) is 1.84. The molecular weight excluding hydrogens is 382 g/mol. The fourth-order valence-electron chi connectivity index (χ4n) is 4.26. The maximum atomic E-state index is 13.0. The molecule has 2 aromatic carbocycles. The van der Waals surface area contributed by atoms with Crippen molar-refractivity contribution in [2.75, 3.05) is 27.5 Å². The van der Waals surface area contributed by atoms with E-state index in [2.05, 4.69) is 11.9 Å². The second kappa shape index (κ2) is 8.56. The van der Waals surface area contributed by atoms with Crippen molar-refractivity contribution in [2.24, 2.45) is 0 Å². The smallest absolute Gasteiger partial charge is 0.231 e. The quantitative estimate of drug-likeness (QED) is 0.688. The van der Waals surface area contributed by atoms with E-state index in [9.17, 15) is 4.79 Å². The van der Waals surface area contributed by atoms with Crippen molar-refractivity contribution >= 4 is 5.78 Å². The number of likely N-dealkylation sites (N-methyl/N-ethyl adjacent to an activating group) is 1. The SMILES string of the molecule is COc1c2c(cc3c1[C@@H](CC(=O)Cc1ccc(OC(C)C)cc1)N(C)CC3)OCO2. The summed E-state index contributed by atoms with van der Waals surface area (Å²) in [6.45, 7) is 5.08. The van der Waals surface area contributed by atoms with Crippen LogP contribution in [0.3, 0.4) is 0 Å². The third kappa shape index (κ3) is 4.10. The van der Waals surface area contributed by atoms with E-state index in [1.165, 1.54) is 5.56 Å². The second-order valence-corrected chi connectivity index (χ2v) is 8.19. The lowest BCUT2D eigenvalue weighted by Crippen LogP contribution is -2.34. The summed E-state index contributed by atoms with van der Waals surface area (Å²) in [5.41, 5.74) is 3.21. The van der Waals surface area contributed by atoms with E-state index in [0.29, 0.717) is 24.3 Å². The molecule has 0 amide bonds. The Morgan fingerprint density at radius 3 is 2.70 bits per heavy atom. The Labute approximate surface area is 177 Å². The molecule has 0 fully saturated rings. The molecule has 6 heteroatoms. The molecule has 2 aliphatic rings. The van der Waals surface area contributed by atoms with Crippen molar-refractivity contribution in [2.45, 2.75) is 45.3 Å². The lowest BCUT2D eigenvalue weighted by Gasteiger charge is -2.35. The Morgan fingerprint density at radius 1 is 1.23 bits per heavy atom. The first-order valence-corrected chi connectivity index (χ1v) is 10.4. The number of nitrogens with zero attached hydrogens (tertiary/aromatic N) is 1. The highest BCUT2D eigenvalue weighted by atomic mass is 16.7. The average Bonchev–Trinajstić information content (AvgIpc) is 3.18. The fourth-order valence-corrected chi connectivity index (χ4v) is 4.26. The van der Waals surface area contributed by atoms with Gasteiger partial charge in [-0.15, -0.1) is 0 Å². The van der Waals surface area contributed by atoms with Crippen molar-refractivity contribution in [1.82, 2.24) is 4.90 Å². The van der Waals surface area contributed by atoms with Gasteiger partial charge in [0.15, 0.2) is 11.5 Å². The number of Topliss-reactive ketones (excluding diaryl/α,β-unsaturated/α-hetero) is 1. The maximum Gasteiger partial charge on any atom is 0.231 e. The van der Waals surface area contributed by atoms with Gasteiger partial charge in [0, 0.05) is 31.0 Å². The molecule has 1 atom stereocenters. The summed E-state index contributed by atoms with van der Waals surface area (Å²) in [6, 6.07) is 9.77. The molecule has 0 saturated heterocycles. The van der Waals surface area contributed by atoms with Crippen LogP contribution in [0, 0.1) is 0 Å². The second-order valence-electron chi connectivity index (χ2n) is 8.19. The Bertz CT molecular complexity index is 922. The van der Waals surface area contributed by atoms with Crippen LogP contribution in [-0.4, -0.2) is 44.3 Å². The highest BCUT2D eigenvalue weighted by Crippen LogP contribution is 2.50. The number of ketones is 1. The van der Waals surface area contributed by atoms with Gasteiger partial charge in [-0.05, 0) is 56.6 Å². The molecular formula is C24H29NO5. The van der Waals surface area contributed by atoms with E-state index in [1.807, 2.05) is 44.2 Å². The summed E-state index contributed by atoms with van der Waals surface area (Å²) >= 11 is 0. The molecule has 0 radical (unpaired) electrons. The molecule has 2 aliphatic heterocycles. The maximum absolute atomic E-state index is 13.0. The molecule has 0 aliphatic carbocycles. The third-order valence-electron chi connectivity index (χ3n) is 5.66. The highest BCUT2D eigenvalue weighted by molar-refractivity contribution is 5.82. The summed E-state index contributed by atoms with van der Waals surface area (Å²) < 4.78 is 22.6. The molecule has 160 valence electrons. The van der Waals surface area contributed by atoms with Gasteiger partial charge < -0.3 is 18.9 Å². The molecule has 0 spiro atoms. The minimum Gasteiger partial charge on any atom is -0.492 e. The lowest BCUT2D eigenvalue weighted by molar-refractivity contribution is -0.119. The molecule has 6 nitrogen and oxygen atoms in total. The topological polar surface area (TPSA) is 57.2 Å². The van der Waals surface area contributed by atoms with Crippen molar-refractivity contribution in [1.29, 1.82) is 0 Å². The van der Waals surface area contributed by atoms with Crippen molar-refractivity contribution in [3.05, 3.63) is 47.0 Å². The van der Waals surface area contributed by atoms with Crippen LogP contribution in [-0.2, 0) is 17.6 Å². The molecule has 0 unspecified atom stereocenters. The molecule has 0 N–H and O–H groups in total. The molecule has 2 heterocycles. The summed E-state index contributed by atoms with van der Waals surface area (Å²) in [5.74, 6) is 3.08. The van der Waals surface area contributed by atoms with Gasteiger partial charge in [-0.2, -0.15) is 0 Å². The van der Waals surface area contributed by atoms with Gasteiger partial charge in [0.1, 0.15) is 11.5 Å². The van der Waals surface area contributed by atoms with Gasteiger partial charge in [-0.3, -0.25) is 9.69 Å². The van der Waals surface area contributed by atoms with E-state index in [-0.39, 0.29) is 24.7 Å². The summed E-state index contributed by atoms with van der Waals surface area (Å²) in [4.78, 5) is 15.2. The van der Waals surface area contributed by atoms with Gasteiger partial charge in [0.25, 0.3) is 0 Å². The van der Waals surface area contributed by atoms with Gasteiger partial charge in [-0.25, -0.2) is 0 Å². The number of benzene rings is 2. The van der Waals surface area contributed by atoms with Crippen LogP contribution in [0.15, 0.2) is 30.3 Å². The number of fused-ring (bicyclic) bond motifs is 2. The summed E-state index contributed by atoms with van der Waals surface area (Å²) in [7, 11) is 3.70. The Balaban J connectivity index is 1.53. The standard InChI is InChI=1S/C24H29NO5/c1-15(2)30-19-7-5-16(6-8-19)11-18(26)13-20-22-17(9-10-25(20)3)12-21-23(24(22)27-4)29-14-28-21/h5-8,12,15,20H,9-11,13-14H2,1-4H3/t20-/m1/s1. The Morgan fingerprint density at radius 2 is 2.00 bits per heavy atom. The monoisotopic (exact) mass is 411 g/mol. The van der Waals surface area contributed by atoms with Crippen molar-refractivity contribution < 1.29 is 23.7 Å². The number of ether oxygens (including phenoxy) is 4. The number of carbonyl (C=O) groups is 1. The van der Waals surface area contributed by atoms with Crippen LogP contribution >= 0.6 is 0 Å². The van der Waals surface area contributed by atoms with Crippen LogP contribution in [0.25, 0.3) is 0 Å². The van der Waals surface area contributed by atoms with Crippen LogP contribution in [0.1, 0.15) is 43.0 Å². The lowest BCUT2D eigenvalue weighted by atomic mass is 9.87. The summed E-state index contributed by atoms with van der Waals surface area (Å²) in [5, 5.41) is 0. The zero-order valence-corrected chi connectivity index (χ0v) is 18.1. The minimum atomic E-state index is -0.0470. The zero-order chi connectivity index (χ0) is 21.3. The van der Waals surface area contributed by atoms with E-state index < -0.39 is 0 Å². The fraction of sp³-hybridized carbons (Fsp3) is 0.458. The minimum absolute atomic E-state index is 0.0470. The van der Waals surface area contributed by atoms with Gasteiger partial charge in [0.05, 0.1) is 13.2 Å². The van der Waals surface area contributed by atoms with Crippen LogP contribution in [0.4, 0.5) is 0 Å². The number of rotatable bonds is 7. The predicted molar refractivity (Wildman–Crippen MR) is 114 cm³/mol. The Kier molecular flexibility index (Phi) is 5.86. The number of hydrogen-bond donors (Lipinski definition) is 0. The molecule has 2 aromatic rings. The van der Waals surface area contributed by atoms with Gasteiger partial charge in [-0.1, -0.05) is 12.1 Å². The van der Waals surface area contributed by atoms with Gasteiger partial charge >= 0.3 is 0 Å². The molecule has 30 heavy (non-hydrogen) atoms. The van der Waals surface area contributed by atoms with Crippen LogP contribution < -0.4 is 18.9 Å². The number of carbonyl (C=O) groups excluding carboxylic acids is 1. The molecule has 0 aromatic heterocycles. The van der Waals surface area contributed by atoms with E-state index in [1.54, 1.807) is 7.11 Å². The molecule has 0 saturated carbocycles. The van der Waals surface area contributed by atoms with E-state index in [4.69, 9.17) is 18.9 Å². The highest BCUT2D eigenvalue weighted by Gasteiger charge is 2.34. The van der Waals surface area contributed by atoms with Gasteiger partial charge in [0.2, 0.25) is 12.5 Å². The van der Waals surface area contributed by atoms with Crippen LogP contribution in [0.5, 0.6) is 23.0 Å². The molecule has 0 bridgehead atoms. The first kappa shape index (κ1) is 20.5. The van der Waals surface area contributed by atoms with Crippen molar-refractivity contribution in [3.8, 4) is 23.0 Å². The first-order valence-electron chi connectivity index (χ1n) is 10.4. The normalized spacial score (nSPS) is 17.7. The largest absolute Gasteiger partial charge is 0.492 e. The molecule has 4 rings (SSSR count). The first-order chi connectivity index (χ1) is 14.5.